The predicted octanol–water partition coefficient (Wildman–Crippen LogP) is 3.12. The number of rotatable bonds is 4. The van der Waals surface area contributed by atoms with Gasteiger partial charge in [0.15, 0.2) is 10.8 Å². The molecule has 9 heteroatoms. The Morgan fingerprint density at radius 2 is 2.05 bits per heavy atom. The van der Waals surface area contributed by atoms with Gasteiger partial charge in [0, 0.05) is 17.8 Å². The first-order valence-electron chi connectivity index (χ1n) is 6.31. The van der Waals surface area contributed by atoms with Crippen molar-refractivity contribution in [3.05, 3.63) is 40.1 Å². The summed E-state index contributed by atoms with van der Waals surface area (Å²) in [6.07, 6.45) is 1.65. The molecule has 4 N–H and O–H groups in total. The number of nitrogens with one attached hydrogen (secondary N) is 2. The summed E-state index contributed by atoms with van der Waals surface area (Å²) in [5.41, 5.74) is 6.43. The SMILES string of the molecule is CCn1cc(NC(=S)Nc2ccc(Cl)cc2Cl)c(C(N)=O)n1. The third kappa shape index (κ3) is 3.88. The van der Waals surface area contributed by atoms with Gasteiger partial charge in [-0.15, -0.1) is 0 Å². The Kier molecular flexibility index (Phi) is 5.23. The lowest BCUT2D eigenvalue weighted by molar-refractivity contribution is 0.0995. The van der Waals surface area contributed by atoms with Crippen LogP contribution < -0.4 is 16.4 Å². The number of nitrogens with zero attached hydrogens (tertiary/aromatic N) is 2. The number of amides is 1. The Morgan fingerprint density at radius 3 is 2.64 bits per heavy atom. The summed E-state index contributed by atoms with van der Waals surface area (Å²) in [7, 11) is 0. The lowest BCUT2D eigenvalue weighted by atomic mass is 10.3. The van der Waals surface area contributed by atoms with Crippen LogP contribution in [0.4, 0.5) is 11.4 Å². The van der Waals surface area contributed by atoms with Gasteiger partial charge in [-0.2, -0.15) is 5.10 Å². The zero-order chi connectivity index (χ0) is 16.3. The molecule has 0 fully saturated rings. The third-order valence-corrected chi connectivity index (χ3v) is 3.50. The highest BCUT2D eigenvalue weighted by Crippen LogP contribution is 2.25. The van der Waals surface area contributed by atoms with Crippen molar-refractivity contribution in [2.24, 2.45) is 5.73 Å². The maximum atomic E-state index is 11.4. The first kappa shape index (κ1) is 16.5. The molecule has 0 spiro atoms. The van der Waals surface area contributed by atoms with Gasteiger partial charge in [0.1, 0.15) is 0 Å². The summed E-state index contributed by atoms with van der Waals surface area (Å²) in [6, 6.07) is 4.98. The first-order chi connectivity index (χ1) is 10.4. The average Bonchev–Trinajstić information content (AvgIpc) is 2.85. The Balaban J connectivity index is 2.15. The van der Waals surface area contributed by atoms with E-state index >= 15 is 0 Å². The van der Waals surface area contributed by atoms with Crippen molar-refractivity contribution in [2.45, 2.75) is 13.5 Å². The fourth-order valence-electron chi connectivity index (χ4n) is 1.72. The molecule has 1 heterocycles. The number of hydrogen-bond donors (Lipinski definition) is 3. The molecule has 116 valence electrons. The van der Waals surface area contributed by atoms with Gasteiger partial charge in [-0.1, -0.05) is 23.2 Å². The molecule has 0 bridgehead atoms. The van der Waals surface area contributed by atoms with E-state index in [0.29, 0.717) is 28.0 Å². The molecule has 0 aliphatic rings. The second kappa shape index (κ2) is 6.95. The molecular formula is C13H13Cl2N5OS. The lowest BCUT2D eigenvalue weighted by Crippen LogP contribution is -2.22. The van der Waals surface area contributed by atoms with Crippen LogP contribution in [-0.4, -0.2) is 20.8 Å². The number of hydrogen-bond acceptors (Lipinski definition) is 3. The number of thiocarbonyl (C=S) groups is 1. The second-order valence-corrected chi connectivity index (χ2v) is 5.57. The Hall–Kier alpha value is -1.83. The van der Waals surface area contributed by atoms with Crippen molar-refractivity contribution in [1.29, 1.82) is 0 Å². The zero-order valence-corrected chi connectivity index (χ0v) is 13.9. The molecule has 0 saturated carbocycles. The van der Waals surface area contributed by atoms with Crippen LogP contribution in [0, 0.1) is 0 Å². The highest BCUT2D eigenvalue weighted by Gasteiger charge is 2.15. The van der Waals surface area contributed by atoms with Gasteiger partial charge in [-0.25, -0.2) is 0 Å². The topological polar surface area (TPSA) is 85.0 Å². The van der Waals surface area contributed by atoms with Crippen molar-refractivity contribution >= 4 is 57.8 Å². The molecule has 2 rings (SSSR count). The molecule has 0 unspecified atom stereocenters. The third-order valence-electron chi connectivity index (χ3n) is 2.75. The second-order valence-electron chi connectivity index (χ2n) is 4.31. The highest BCUT2D eigenvalue weighted by atomic mass is 35.5. The van der Waals surface area contributed by atoms with Crippen LogP contribution in [0.5, 0.6) is 0 Å². The first-order valence-corrected chi connectivity index (χ1v) is 7.47. The fraction of sp³-hybridized carbons (Fsp3) is 0.154. The van der Waals surface area contributed by atoms with Gasteiger partial charge in [-0.3, -0.25) is 9.48 Å². The molecule has 1 aromatic heterocycles. The smallest absolute Gasteiger partial charge is 0.271 e. The van der Waals surface area contributed by atoms with Crippen LogP contribution in [0.3, 0.4) is 0 Å². The van der Waals surface area contributed by atoms with Crippen LogP contribution >= 0.6 is 35.4 Å². The minimum absolute atomic E-state index is 0.119. The monoisotopic (exact) mass is 357 g/mol. The Morgan fingerprint density at radius 1 is 1.36 bits per heavy atom. The van der Waals surface area contributed by atoms with E-state index in [1.807, 2.05) is 6.92 Å². The maximum Gasteiger partial charge on any atom is 0.271 e. The molecular weight excluding hydrogens is 345 g/mol. The van der Waals surface area contributed by atoms with Crippen molar-refractivity contribution in [3.63, 3.8) is 0 Å². The Labute approximate surface area is 142 Å². The van der Waals surface area contributed by atoms with Crippen LogP contribution in [0.2, 0.25) is 10.0 Å². The number of nitrogens with two attached hydrogens (primary N) is 1. The van der Waals surface area contributed by atoms with Crippen LogP contribution in [-0.2, 0) is 6.54 Å². The van der Waals surface area contributed by atoms with E-state index in [1.165, 1.54) is 0 Å². The van der Waals surface area contributed by atoms with E-state index in [-0.39, 0.29) is 10.8 Å². The van der Waals surface area contributed by atoms with Gasteiger partial charge < -0.3 is 16.4 Å². The maximum absolute atomic E-state index is 11.4. The molecule has 0 saturated heterocycles. The van der Waals surface area contributed by atoms with E-state index in [4.69, 9.17) is 41.2 Å². The van der Waals surface area contributed by atoms with Gasteiger partial charge in [0.2, 0.25) is 0 Å². The molecule has 0 aliphatic heterocycles. The number of aryl methyl sites for hydroxylation is 1. The summed E-state index contributed by atoms with van der Waals surface area (Å²) >= 11 is 17.1. The van der Waals surface area contributed by atoms with Gasteiger partial charge >= 0.3 is 0 Å². The minimum Gasteiger partial charge on any atom is -0.364 e. The van der Waals surface area contributed by atoms with Crippen molar-refractivity contribution in [2.75, 3.05) is 10.6 Å². The molecule has 6 nitrogen and oxygen atoms in total. The lowest BCUT2D eigenvalue weighted by Gasteiger charge is -2.11. The molecule has 1 aromatic carbocycles. The largest absolute Gasteiger partial charge is 0.364 e. The average molecular weight is 358 g/mol. The standard InChI is InChI=1S/C13H13Cl2N5OS/c1-2-20-6-10(11(19-20)12(16)21)18-13(22)17-9-4-3-7(14)5-8(9)15/h3-6H,2H2,1H3,(H2,16,21)(H2,17,18,22). The number of halogens is 2. The van der Waals surface area contributed by atoms with Crippen molar-refractivity contribution in [3.8, 4) is 0 Å². The summed E-state index contributed by atoms with van der Waals surface area (Å²) < 4.78 is 1.58. The number of carbonyl (C=O) groups excluding carboxylic acids is 1. The molecule has 22 heavy (non-hydrogen) atoms. The van der Waals surface area contributed by atoms with E-state index in [9.17, 15) is 4.79 Å². The van der Waals surface area contributed by atoms with Crippen LogP contribution in [0.25, 0.3) is 0 Å². The fourth-order valence-corrected chi connectivity index (χ4v) is 2.40. The minimum atomic E-state index is -0.637. The summed E-state index contributed by atoms with van der Waals surface area (Å²) in [5.74, 6) is -0.637. The Bertz CT molecular complexity index is 731. The van der Waals surface area contributed by atoms with Crippen LogP contribution in [0.1, 0.15) is 17.4 Å². The van der Waals surface area contributed by atoms with E-state index in [0.717, 1.165) is 0 Å². The van der Waals surface area contributed by atoms with Crippen molar-refractivity contribution in [1.82, 2.24) is 9.78 Å². The van der Waals surface area contributed by atoms with Gasteiger partial charge in [-0.05, 0) is 37.3 Å². The van der Waals surface area contributed by atoms with E-state index in [2.05, 4.69) is 15.7 Å². The number of anilines is 2. The predicted molar refractivity (Wildman–Crippen MR) is 92.7 cm³/mol. The van der Waals surface area contributed by atoms with Crippen molar-refractivity contribution < 1.29 is 4.79 Å². The number of aromatic nitrogens is 2. The normalized spacial score (nSPS) is 10.3. The van der Waals surface area contributed by atoms with E-state index in [1.54, 1.807) is 29.1 Å². The molecule has 0 aliphatic carbocycles. The summed E-state index contributed by atoms with van der Waals surface area (Å²) in [6.45, 7) is 2.50. The summed E-state index contributed by atoms with van der Waals surface area (Å²) in [5, 5.41) is 11.1. The number of primary amides is 1. The number of carbonyl (C=O) groups is 1. The molecule has 0 radical (unpaired) electrons. The quantitative estimate of drug-likeness (QED) is 0.732. The molecule has 1 amide bonds. The molecule has 2 aromatic rings. The van der Waals surface area contributed by atoms with Crippen LogP contribution in [0.15, 0.2) is 24.4 Å². The number of benzene rings is 1. The van der Waals surface area contributed by atoms with E-state index < -0.39 is 5.91 Å². The molecule has 0 atom stereocenters. The van der Waals surface area contributed by atoms with Gasteiger partial charge in [0.25, 0.3) is 5.91 Å². The zero-order valence-electron chi connectivity index (χ0n) is 11.6. The highest BCUT2D eigenvalue weighted by molar-refractivity contribution is 7.80. The van der Waals surface area contributed by atoms with Gasteiger partial charge in [0.05, 0.1) is 16.4 Å². The summed E-state index contributed by atoms with van der Waals surface area (Å²) in [4.78, 5) is 11.4.